The third-order valence-electron chi connectivity index (χ3n) is 5.02. The van der Waals surface area contributed by atoms with Crippen LogP contribution in [0.2, 0.25) is 0 Å². The summed E-state index contributed by atoms with van der Waals surface area (Å²) in [5.74, 6) is 3.34. The number of ether oxygens (including phenoxy) is 2. The molecule has 3 rings (SSSR count). The molecular weight excluding hydrogens is 382 g/mol. The number of guanidine groups is 1. The maximum absolute atomic E-state index is 5.76. The van der Waals surface area contributed by atoms with Crippen LogP contribution in [0.15, 0.2) is 35.3 Å². The van der Waals surface area contributed by atoms with Crippen LogP contribution in [0, 0.1) is 6.92 Å². The Morgan fingerprint density at radius 3 is 2.63 bits per heavy atom. The van der Waals surface area contributed by atoms with E-state index >= 15 is 0 Å². The third kappa shape index (κ3) is 7.31. The van der Waals surface area contributed by atoms with Gasteiger partial charge in [-0.05, 0) is 32.0 Å². The van der Waals surface area contributed by atoms with E-state index < -0.39 is 0 Å². The van der Waals surface area contributed by atoms with E-state index in [4.69, 9.17) is 9.47 Å². The fraction of sp³-hybridized carbons (Fsp3) is 0.571. The summed E-state index contributed by atoms with van der Waals surface area (Å²) in [6, 6.07) is 9.82. The minimum atomic E-state index is 0.468. The van der Waals surface area contributed by atoms with Crippen LogP contribution in [0.4, 0.5) is 0 Å². The quantitative estimate of drug-likeness (QED) is 0.339. The second-order valence-corrected chi connectivity index (χ2v) is 7.21. The standard InChI is InChI=1S/C21H33N7O2/c1-18-25-26-20(27(18)2)17-24-21(22-9-6-11-28-12-15-29-16-13-28)23-10-14-30-19-7-4-3-5-8-19/h3-5,7-8H,6,9-17H2,1-2H3,(H2,22,23,24). The van der Waals surface area contributed by atoms with Crippen LogP contribution in [0.25, 0.3) is 0 Å². The maximum Gasteiger partial charge on any atom is 0.191 e. The lowest BCUT2D eigenvalue weighted by Gasteiger charge is -2.26. The lowest BCUT2D eigenvalue weighted by atomic mass is 10.3. The Kier molecular flexibility index (Phi) is 8.92. The first-order valence-electron chi connectivity index (χ1n) is 10.6. The molecule has 1 fully saturated rings. The van der Waals surface area contributed by atoms with E-state index in [1.807, 2.05) is 48.9 Å². The van der Waals surface area contributed by atoms with Gasteiger partial charge in [-0.3, -0.25) is 4.90 Å². The second kappa shape index (κ2) is 12.1. The molecule has 9 nitrogen and oxygen atoms in total. The van der Waals surface area contributed by atoms with Crippen LogP contribution in [0.5, 0.6) is 5.75 Å². The third-order valence-corrected chi connectivity index (χ3v) is 5.02. The van der Waals surface area contributed by atoms with Crippen LogP contribution in [0.3, 0.4) is 0 Å². The zero-order valence-electron chi connectivity index (χ0n) is 18.0. The summed E-state index contributed by atoms with van der Waals surface area (Å²) >= 11 is 0. The van der Waals surface area contributed by atoms with Gasteiger partial charge in [-0.15, -0.1) is 10.2 Å². The highest BCUT2D eigenvalue weighted by Crippen LogP contribution is 2.07. The molecule has 0 radical (unpaired) electrons. The van der Waals surface area contributed by atoms with Crippen molar-refractivity contribution in [1.82, 2.24) is 30.3 Å². The zero-order chi connectivity index (χ0) is 21.0. The molecule has 1 aliphatic rings. The number of aryl methyl sites for hydroxylation is 1. The van der Waals surface area contributed by atoms with Gasteiger partial charge < -0.3 is 24.7 Å². The second-order valence-electron chi connectivity index (χ2n) is 7.21. The van der Waals surface area contributed by atoms with Gasteiger partial charge in [0.15, 0.2) is 11.8 Å². The molecule has 0 bridgehead atoms. The molecule has 1 aliphatic heterocycles. The summed E-state index contributed by atoms with van der Waals surface area (Å²) in [6.45, 7) is 9.22. The van der Waals surface area contributed by atoms with Crippen molar-refractivity contribution in [2.45, 2.75) is 19.9 Å². The van der Waals surface area contributed by atoms with Crippen molar-refractivity contribution >= 4 is 5.96 Å². The molecule has 1 aromatic carbocycles. The molecule has 0 saturated carbocycles. The molecule has 2 N–H and O–H groups in total. The fourth-order valence-corrected chi connectivity index (χ4v) is 3.10. The Morgan fingerprint density at radius 2 is 1.90 bits per heavy atom. The number of benzene rings is 1. The lowest BCUT2D eigenvalue weighted by molar-refractivity contribution is 0.0376. The van der Waals surface area contributed by atoms with Crippen LogP contribution in [-0.4, -0.2) is 78.2 Å². The number of aromatic nitrogens is 3. The predicted molar refractivity (Wildman–Crippen MR) is 117 cm³/mol. The Bertz CT molecular complexity index is 773. The summed E-state index contributed by atoms with van der Waals surface area (Å²) in [6.07, 6.45) is 1.05. The number of morpholine rings is 1. The number of nitrogens with one attached hydrogen (secondary N) is 2. The largest absolute Gasteiger partial charge is 0.492 e. The first-order chi connectivity index (χ1) is 14.7. The molecule has 0 atom stereocenters. The molecule has 0 unspecified atom stereocenters. The van der Waals surface area contributed by atoms with Crippen LogP contribution in [-0.2, 0) is 18.3 Å². The highest BCUT2D eigenvalue weighted by molar-refractivity contribution is 5.79. The summed E-state index contributed by atoms with van der Waals surface area (Å²) in [7, 11) is 1.96. The molecule has 30 heavy (non-hydrogen) atoms. The fourth-order valence-electron chi connectivity index (χ4n) is 3.10. The average molecular weight is 416 g/mol. The van der Waals surface area contributed by atoms with Gasteiger partial charge >= 0.3 is 0 Å². The first-order valence-corrected chi connectivity index (χ1v) is 10.6. The molecule has 2 heterocycles. The van der Waals surface area contributed by atoms with Gasteiger partial charge in [0.1, 0.15) is 24.7 Å². The molecule has 2 aromatic rings. The number of hydrogen-bond donors (Lipinski definition) is 2. The Morgan fingerprint density at radius 1 is 1.13 bits per heavy atom. The van der Waals surface area contributed by atoms with Gasteiger partial charge in [-0.2, -0.15) is 0 Å². The highest BCUT2D eigenvalue weighted by atomic mass is 16.5. The number of para-hydroxylation sites is 1. The van der Waals surface area contributed by atoms with Crippen molar-refractivity contribution < 1.29 is 9.47 Å². The molecule has 164 valence electrons. The van der Waals surface area contributed by atoms with Gasteiger partial charge in [0.2, 0.25) is 0 Å². The van der Waals surface area contributed by atoms with E-state index in [0.29, 0.717) is 19.7 Å². The van der Waals surface area contributed by atoms with Crippen molar-refractivity contribution in [3.8, 4) is 5.75 Å². The minimum Gasteiger partial charge on any atom is -0.492 e. The van der Waals surface area contributed by atoms with Crippen molar-refractivity contribution in [2.24, 2.45) is 12.0 Å². The van der Waals surface area contributed by atoms with Crippen molar-refractivity contribution in [2.75, 3.05) is 52.5 Å². The normalized spacial score (nSPS) is 15.2. The number of aliphatic imine (C=N–C) groups is 1. The van der Waals surface area contributed by atoms with E-state index in [0.717, 1.165) is 69.2 Å². The maximum atomic E-state index is 5.76. The van der Waals surface area contributed by atoms with E-state index in [2.05, 4.69) is 30.7 Å². The first kappa shape index (κ1) is 22.0. The Balaban J connectivity index is 1.45. The van der Waals surface area contributed by atoms with Crippen LogP contribution < -0.4 is 15.4 Å². The van der Waals surface area contributed by atoms with Crippen molar-refractivity contribution in [1.29, 1.82) is 0 Å². The van der Waals surface area contributed by atoms with Gasteiger partial charge in [0.25, 0.3) is 0 Å². The van der Waals surface area contributed by atoms with E-state index in [1.165, 1.54) is 0 Å². The molecule has 1 saturated heterocycles. The Hall–Kier alpha value is -2.65. The zero-order valence-corrected chi connectivity index (χ0v) is 18.0. The van der Waals surface area contributed by atoms with Crippen LogP contribution in [0.1, 0.15) is 18.1 Å². The van der Waals surface area contributed by atoms with E-state index in [1.54, 1.807) is 0 Å². The van der Waals surface area contributed by atoms with Gasteiger partial charge in [-0.1, -0.05) is 18.2 Å². The summed E-state index contributed by atoms with van der Waals surface area (Å²) in [4.78, 5) is 7.11. The molecular formula is C21H33N7O2. The number of nitrogens with zero attached hydrogens (tertiary/aromatic N) is 5. The Labute approximate surface area is 178 Å². The van der Waals surface area contributed by atoms with Crippen LogP contribution >= 0.6 is 0 Å². The smallest absolute Gasteiger partial charge is 0.191 e. The molecule has 0 aliphatic carbocycles. The van der Waals surface area contributed by atoms with Gasteiger partial charge in [0.05, 0.1) is 19.8 Å². The number of hydrogen-bond acceptors (Lipinski definition) is 6. The predicted octanol–water partition coefficient (Wildman–Crippen LogP) is 0.960. The monoisotopic (exact) mass is 415 g/mol. The number of rotatable bonds is 10. The average Bonchev–Trinajstić information content (AvgIpc) is 3.11. The molecule has 0 amide bonds. The molecule has 9 heteroatoms. The van der Waals surface area contributed by atoms with Gasteiger partial charge in [0, 0.05) is 26.7 Å². The van der Waals surface area contributed by atoms with Gasteiger partial charge in [-0.25, -0.2) is 4.99 Å². The lowest BCUT2D eigenvalue weighted by Crippen LogP contribution is -2.41. The molecule has 0 spiro atoms. The van der Waals surface area contributed by atoms with E-state index in [9.17, 15) is 0 Å². The topological polar surface area (TPSA) is 88.8 Å². The van der Waals surface area contributed by atoms with E-state index in [-0.39, 0.29) is 0 Å². The highest BCUT2D eigenvalue weighted by Gasteiger charge is 2.10. The van der Waals surface area contributed by atoms with Crippen molar-refractivity contribution in [3.05, 3.63) is 42.0 Å². The molecule has 1 aromatic heterocycles. The summed E-state index contributed by atoms with van der Waals surface area (Å²) in [5, 5.41) is 15.1. The SMILES string of the molecule is Cc1nnc(CN=C(NCCCN2CCOCC2)NCCOc2ccccc2)n1C. The van der Waals surface area contributed by atoms with Crippen molar-refractivity contribution in [3.63, 3.8) is 0 Å². The minimum absolute atomic E-state index is 0.468. The summed E-state index contributed by atoms with van der Waals surface area (Å²) in [5.41, 5.74) is 0. The summed E-state index contributed by atoms with van der Waals surface area (Å²) < 4.78 is 13.1.